The Hall–Kier alpha value is -1.36. The Kier molecular flexibility index (Phi) is 5.17. The molecule has 0 aliphatic heterocycles. The largest absolute Gasteiger partial charge is 0.332 e. The Morgan fingerprint density at radius 3 is 2.50 bits per heavy atom. The van der Waals surface area contributed by atoms with Gasteiger partial charge in [-0.25, -0.2) is 4.98 Å². The number of thiocarbonyl (C=S) groups is 1. The number of hydrogen-bond acceptors (Lipinski definition) is 2. The number of rotatable bonds is 3. The molecule has 1 aromatic heterocycles. The van der Waals surface area contributed by atoms with Crippen LogP contribution in [0.15, 0.2) is 36.5 Å². The molecular formula is C14H13Cl2N3S. The van der Waals surface area contributed by atoms with E-state index in [-0.39, 0.29) is 0 Å². The maximum atomic E-state index is 5.93. The molecule has 2 N–H and O–H groups in total. The molecule has 0 saturated carbocycles. The second-order valence-electron chi connectivity index (χ2n) is 4.14. The van der Waals surface area contributed by atoms with Crippen LogP contribution in [0.1, 0.15) is 12.5 Å². The van der Waals surface area contributed by atoms with Crippen LogP contribution in [0.2, 0.25) is 10.0 Å². The fourth-order valence-electron chi connectivity index (χ4n) is 1.67. The van der Waals surface area contributed by atoms with Crippen molar-refractivity contribution >= 4 is 52.0 Å². The molecule has 104 valence electrons. The smallest absolute Gasteiger partial charge is 0.176 e. The lowest BCUT2D eigenvalue weighted by molar-refractivity contribution is 1.12. The van der Waals surface area contributed by atoms with Gasteiger partial charge in [-0.3, -0.25) is 0 Å². The highest BCUT2D eigenvalue weighted by Crippen LogP contribution is 2.22. The van der Waals surface area contributed by atoms with Gasteiger partial charge in [0.05, 0.1) is 0 Å². The standard InChI is InChI=1S/C14H13Cl2N3S/c1-2-9-3-4-17-13(5-9)19-14(20)18-12-7-10(15)6-11(16)8-12/h3-8H,2H2,1H3,(H2,17,18,19,20). The van der Waals surface area contributed by atoms with Gasteiger partial charge in [-0.2, -0.15) is 0 Å². The van der Waals surface area contributed by atoms with E-state index in [0.717, 1.165) is 12.1 Å². The van der Waals surface area contributed by atoms with Gasteiger partial charge in [0.15, 0.2) is 5.11 Å². The molecule has 0 atom stereocenters. The van der Waals surface area contributed by atoms with Crippen LogP contribution in [0.5, 0.6) is 0 Å². The Balaban J connectivity index is 2.04. The summed E-state index contributed by atoms with van der Waals surface area (Å²) in [5.41, 5.74) is 1.92. The first-order valence-electron chi connectivity index (χ1n) is 6.06. The number of aromatic nitrogens is 1. The fourth-order valence-corrected chi connectivity index (χ4v) is 2.42. The average molecular weight is 326 g/mol. The average Bonchev–Trinajstić information content (AvgIpc) is 2.37. The summed E-state index contributed by atoms with van der Waals surface area (Å²) in [6.45, 7) is 2.09. The van der Waals surface area contributed by atoms with E-state index in [0.29, 0.717) is 21.0 Å². The highest BCUT2D eigenvalue weighted by molar-refractivity contribution is 7.80. The lowest BCUT2D eigenvalue weighted by atomic mass is 10.2. The molecule has 0 radical (unpaired) electrons. The van der Waals surface area contributed by atoms with E-state index >= 15 is 0 Å². The van der Waals surface area contributed by atoms with E-state index in [1.165, 1.54) is 5.56 Å². The third kappa shape index (κ3) is 4.34. The number of aryl methyl sites for hydroxylation is 1. The molecule has 1 heterocycles. The van der Waals surface area contributed by atoms with E-state index in [1.807, 2.05) is 12.1 Å². The number of pyridine rings is 1. The lowest BCUT2D eigenvalue weighted by Gasteiger charge is -2.11. The normalized spacial score (nSPS) is 10.2. The summed E-state index contributed by atoms with van der Waals surface area (Å²) in [5.74, 6) is 0.704. The number of benzene rings is 1. The summed E-state index contributed by atoms with van der Waals surface area (Å²) >= 11 is 17.1. The molecule has 1 aromatic carbocycles. The number of hydrogen-bond donors (Lipinski definition) is 2. The zero-order valence-corrected chi connectivity index (χ0v) is 13.1. The van der Waals surface area contributed by atoms with Gasteiger partial charge < -0.3 is 10.6 Å². The first kappa shape index (κ1) is 15.0. The summed E-state index contributed by atoms with van der Waals surface area (Å²) < 4.78 is 0. The maximum Gasteiger partial charge on any atom is 0.176 e. The molecule has 2 rings (SSSR count). The first-order valence-corrected chi connectivity index (χ1v) is 7.22. The molecule has 0 spiro atoms. The van der Waals surface area contributed by atoms with Gasteiger partial charge in [0, 0.05) is 21.9 Å². The topological polar surface area (TPSA) is 37.0 Å². The lowest BCUT2D eigenvalue weighted by Crippen LogP contribution is -2.19. The van der Waals surface area contributed by atoms with Crippen LogP contribution < -0.4 is 10.6 Å². The van der Waals surface area contributed by atoms with Crippen LogP contribution in [-0.4, -0.2) is 10.1 Å². The van der Waals surface area contributed by atoms with E-state index in [4.69, 9.17) is 35.4 Å². The Morgan fingerprint density at radius 2 is 1.85 bits per heavy atom. The molecule has 0 fully saturated rings. The van der Waals surface area contributed by atoms with Crippen LogP contribution in [0, 0.1) is 0 Å². The number of halogens is 2. The molecule has 0 amide bonds. The van der Waals surface area contributed by atoms with E-state index in [2.05, 4.69) is 22.5 Å². The maximum absolute atomic E-state index is 5.93. The predicted molar refractivity (Wildman–Crippen MR) is 89.9 cm³/mol. The Bertz CT molecular complexity index is 611. The summed E-state index contributed by atoms with van der Waals surface area (Å²) in [4.78, 5) is 4.21. The highest BCUT2D eigenvalue weighted by atomic mass is 35.5. The van der Waals surface area contributed by atoms with Gasteiger partial charge in [0.1, 0.15) is 5.82 Å². The third-order valence-electron chi connectivity index (χ3n) is 2.59. The number of nitrogens with zero attached hydrogens (tertiary/aromatic N) is 1. The molecule has 0 aliphatic carbocycles. The molecule has 6 heteroatoms. The summed E-state index contributed by atoms with van der Waals surface area (Å²) in [7, 11) is 0. The predicted octanol–water partition coefficient (Wildman–Crippen LogP) is 4.76. The Morgan fingerprint density at radius 1 is 1.15 bits per heavy atom. The van der Waals surface area contributed by atoms with Crippen molar-refractivity contribution in [3.8, 4) is 0 Å². The van der Waals surface area contributed by atoms with Crippen molar-refractivity contribution in [1.29, 1.82) is 0 Å². The monoisotopic (exact) mass is 325 g/mol. The van der Waals surface area contributed by atoms with Gasteiger partial charge >= 0.3 is 0 Å². The van der Waals surface area contributed by atoms with Crippen molar-refractivity contribution in [3.63, 3.8) is 0 Å². The van der Waals surface area contributed by atoms with Gasteiger partial charge in [0.2, 0.25) is 0 Å². The minimum atomic E-state index is 0.434. The van der Waals surface area contributed by atoms with Gasteiger partial charge in [-0.05, 0) is 54.5 Å². The molecule has 3 nitrogen and oxygen atoms in total. The summed E-state index contributed by atoms with van der Waals surface area (Å²) in [6.07, 6.45) is 2.70. The van der Waals surface area contributed by atoms with Crippen molar-refractivity contribution < 1.29 is 0 Å². The summed E-state index contributed by atoms with van der Waals surface area (Å²) in [5, 5.41) is 7.58. The zero-order valence-electron chi connectivity index (χ0n) is 10.8. The minimum Gasteiger partial charge on any atom is -0.332 e. The molecule has 0 aliphatic rings. The second-order valence-corrected chi connectivity index (χ2v) is 5.42. The first-order chi connectivity index (χ1) is 9.56. The van der Waals surface area contributed by atoms with Crippen LogP contribution in [-0.2, 0) is 6.42 Å². The van der Waals surface area contributed by atoms with E-state index in [1.54, 1.807) is 24.4 Å². The number of anilines is 2. The third-order valence-corrected chi connectivity index (χ3v) is 3.24. The van der Waals surface area contributed by atoms with Gasteiger partial charge in [-0.15, -0.1) is 0 Å². The van der Waals surface area contributed by atoms with Crippen molar-refractivity contribution in [1.82, 2.24) is 4.98 Å². The molecule has 0 unspecified atom stereocenters. The minimum absolute atomic E-state index is 0.434. The van der Waals surface area contributed by atoms with Crippen LogP contribution >= 0.6 is 35.4 Å². The van der Waals surface area contributed by atoms with Crippen LogP contribution in [0.25, 0.3) is 0 Å². The van der Waals surface area contributed by atoms with E-state index in [9.17, 15) is 0 Å². The number of nitrogens with one attached hydrogen (secondary N) is 2. The molecule has 0 saturated heterocycles. The van der Waals surface area contributed by atoms with Gasteiger partial charge in [-0.1, -0.05) is 30.1 Å². The molecule has 0 bridgehead atoms. The molecule has 20 heavy (non-hydrogen) atoms. The quantitative estimate of drug-likeness (QED) is 0.798. The molecular weight excluding hydrogens is 313 g/mol. The fraction of sp³-hybridized carbons (Fsp3) is 0.143. The van der Waals surface area contributed by atoms with Crippen LogP contribution in [0.3, 0.4) is 0 Å². The SMILES string of the molecule is CCc1ccnc(NC(=S)Nc2cc(Cl)cc(Cl)c2)c1. The zero-order chi connectivity index (χ0) is 14.5. The van der Waals surface area contributed by atoms with Crippen LogP contribution in [0.4, 0.5) is 11.5 Å². The van der Waals surface area contributed by atoms with Crippen molar-refractivity contribution in [2.75, 3.05) is 10.6 Å². The summed E-state index contributed by atoms with van der Waals surface area (Å²) in [6, 6.07) is 9.09. The Labute approximate surface area is 133 Å². The van der Waals surface area contributed by atoms with Crippen molar-refractivity contribution in [2.45, 2.75) is 13.3 Å². The molecule has 2 aromatic rings. The van der Waals surface area contributed by atoms with Crippen molar-refractivity contribution in [2.24, 2.45) is 0 Å². The van der Waals surface area contributed by atoms with Gasteiger partial charge in [0.25, 0.3) is 0 Å². The highest BCUT2D eigenvalue weighted by Gasteiger charge is 2.03. The van der Waals surface area contributed by atoms with Crippen molar-refractivity contribution in [3.05, 3.63) is 52.1 Å². The second kappa shape index (κ2) is 6.88. The van der Waals surface area contributed by atoms with E-state index < -0.39 is 0 Å².